The largest absolute Gasteiger partial charge is 0.328 e. The predicted octanol–water partition coefficient (Wildman–Crippen LogP) is 1.36. The number of fused-ring (bicyclic) bond motifs is 1. The molecule has 2 fully saturated rings. The summed E-state index contributed by atoms with van der Waals surface area (Å²) in [5, 5.41) is 5.17. The first-order valence-electron chi connectivity index (χ1n) is 5.78. The minimum atomic E-state index is -0.624. The normalized spacial score (nSPS) is 26.6. The summed E-state index contributed by atoms with van der Waals surface area (Å²) in [6.45, 7) is 0.656. The van der Waals surface area contributed by atoms with Gasteiger partial charge in [0, 0.05) is 18.7 Å². The Morgan fingerprint density at radius 3 is 2.83 bits per heavy atom. The number of nitrogens with zero attached hydrogens (tertiary/aromatic N) is 1. The Bertz CT molecular complexity index is 493. The molecule has 94 valence electrons. The molecule has 3 rings (SSSR count). The first-order valence-corrected chi connectivity index (χ1v) is 6.77. The van der Waals surface area contributed by atoms with Crippen molar-refractivity contribution < 1.29 is 9.59 Å². The molecule has 1 aromatic rings. The summed E-state index contributed by atoms with van der Waals surface area (Å²) >= 11 is 1.61. The molecule has 0 aromatic heterocycles. The third kappa shape index (κ3) is 1.82. The van der Waals surface area contributed by atoms with Gasteiger partial charge in [0.05, 0.1) is 0 Å². The molecule has 2 aliphatic heterocycles. The van der Waals surface area contributed by atoms with Crippen molar-refractivity contribution in [2.24, 2.45) is 0 Å². The summed E-state index contributed by atoms with van der Waals surface area (Å²) in [6, 6.07) is 9.16. The van der Waals surface area contributed by atoms with Crippen LogP contribution in [0.3, 0.4) is 0 Å². The summed E-state index contributed by atoms with van der Waals surface area (Å²) < 4.78 is 0. The summed E-state index contributed by atoms with van der Waals surface area (Å²) in [5.41, 5.74) is 1.10. The molecule has 0 unspecified atom stereocenters. The lowest BCUT2D eigenvalue weighted by molar-refractivity contribution is 0.140. The monoisotopic (exact) mass is 263 g/mol. The Hall–Kier alpha value is -1.69. The van der Waals surface area contributed by atoms with Crippen molar-refractivity contribution in [3.8, 4) is 0 Å². The van der Waals surface area contributed by atoms with Gasteiger partial charge in [-0.05, 0) is 5.56 Å². The quantitative estimate of drug-likeness (QED) is 0.847. The van der Waals surface area contributed by atoms with Crippen LogP contribution in [0.1, 0.15) is 5.56 Å². The molecule has 0 bridgehead atoms. The van der Waals surface area contributed by atoms with E-state index in [-0.39, 0.29) is 6.03 Å². The number of imide groups is 1. The van der Waals surface area contributed by atoms with Crippen LogP contribution in [0.15, 0.2) is 30.3 Å². The van der Waals surface area contributed by atoms with Crippen molar-refractivity contribution in [2.45, 2.75) is 11.4 Å². The van der Waals surface area contributed by atoms with Gasteiger partial charge in [-0.2, -0.15) is 0 Å². The molecule has 4 amide bonds. The number of hydrogen-bond donors (Lipinski definition) is 2. The average Bonchev–Trinajstić information content (AvgIpc) is 2.73. The van der Waals surface area contributed by atoms with E-state index in [9.17, 15) is 9.59 Å². The van der Waals surface area contributed by atoms with Gasteiger partial charge in [-0.15, -0.1) is 11.8 Å². The van der Waals surface area contributed by atoms with Gasteiger partial charge in [0.15, 0.2) is 4.99 Å². The van der Waals surface area contributed by atoms with E-state index in [4.69, 9.17) is 0 Å². The molecule has 5 nitrogen and oxygen atoms in total. The lowest BCUT2D eigenvalue weighted by Crippen LogP contribution is -2.68. The number of carbonyl (C=O) groups is 2. The third-order valence-electron chi connectivity index (χ3n) is 3.15. The zero-order valence-electron chi connectivity index (χ0n) is 9.68. The van der Waals surface area contributed by atoms with Crippen LogP contribution in [0.25, 0.3) is 0 Å². The van der Waals surface area contributed by atoms with Crippen LogP contribution >= 0.6 is 11.8 Å². The van der Waals surface area contributed by atoms with Crippen molar-refractivity contribution in [2.75, 3.05) is 12.3 Å². The van der Waals surface area contributed by atoms with Crippen molar-refractivity contribution in [3.63, 3.8) is 0 Å². The van der Waals surface area contributed by atoms with Gasteiger partial charge in [-0.25, -0.2) is 9.59 Å². The first kappa shape index (κ1) is 11.4. The van der Waals surface area contributed by atoms with E-state index in [0.29, 0.717) is 13.0 Å². The highest BCUT2D eigenvalue weighted by Gasteiger charge is 2.49. The smallest absolute Gasteiger partial charge is 0.305 e. The van der Waals surface area contributed by atoms with E-state index in [1.807, 2.05) is 30.3 Å². The van der Waals surface area contributed by atoms with Gasteiger partial charge in [0.1, 0.15) is 0 Å². The van der Waals surface area contributed by atoms with Crippen molar-refractivity contribution >= 4 is 23.8 Å². The van der Waals surface area contributed by atoms with E-state index in [0.717, 1.165) is 11.3 Å². The SMILES string of the molecule is O=C1NC(=O)N2CCS[C@]2(Cc2ccccc2)N1. The lowest BCUT2D eigenvalue weighted by Gasteiger charge is -2.41. The number of hydrogen-bond acceptors (Lipinski definition) is 3. The van der Waals surface area contributed by atoms with Crippen molar-refractivity contribution in [1.29, 1.82) is 0 Å². The van der Waals surface area contributed by atoms with Crippen LogP contribution < -0.4 is 10.6 Å². The van der Waals surface area contributed by atoms with E-state index in [2.05, 4.69) is 10.6 Å². The number of thioether (sulfide) groups is 1. The zero-order valence-corrected chi connectivity index (χ0v) is 10.5. The average molecular weight is 263 g/mol. The second-order valence-corrected chi connectivity index (χ2v) is 5.70. The highest BCUT2D eigenvalue weighted by Crippen LogP contribution is 2.37. The number of benzene rings is 1. The van der Waals surface area contributed by atoms with Gasteiger partial charge in [0.25, 0.3) is 0 Å². The zero-order chi connectivity index (χ0) is 12.6. The van der Waals surface area contributed by atoms with Crippen LogP contribution in [0, 0.1) is 0 Å². The van der Waals surface area contributed by atoms with Crippen LogP contribution in [0.4, 0.5) is 9.59 Å². The maximum Gasteiger partial charge on any atom is 0.328 e. The number of amides is 4. The van der Waals surface area contributed by atoms with E-state index in [1.54, 1.807) is 16.7 Å². The molecular formula is C12H13N3O2S. The van der Waals surface area contributed by atoms with Crippen LogP contribution in [0.5, 0.6) is 0 Å². The molecule has 18 heavy (non-hydrogen) atoms. The molecule has 1 aromatic carbocycles. The Balaban J connectivity index is 1.91. The molecule has 6 heteroatoms. The first-order chi connectivity index (χ1) is 8.70. The maximum absolute atomic E-state index is 11.8. The van der Waals surface area contributed by atoms with Crippen LogP contribution in [0.2, 0.25) is 0 Å². The Kier molecular flexibility index (Phi) is 2.66. The Morgan fingerprint density at radius 2 is 2.06 bits per heavy atom. The highest BCUT2D eigenvalue weighted by atomic mass is 32.2. The standard InChI is InChI=1S/C12H13N3O2S/c16-10-13-11(17)15-6-7-18-12(15,14-10)8-9-4-2-1-3-5-9/h1-5H,6-8H2,(H2,13,14,16,17)/t12-/m1/s1. The molecule has 2 aliphatic rings. The summed E-state index contributed by atoms with van der Waals surface area (Å²) in [6.07, 6.45) is 0.623. The maximum atomic E-state index is 11.8. The fraction of sp³-hybridized carbons (Fsp3) is 0.333. The predicted molar refractivity (Wildman–Crippen MR) is 69.1 cm³/mol. The molecule has 2 saturated heterocycles. The molecule has 0 aliphatic carbocycles. The van der Waals surface area contributed by atoms with Gasteiger partial charge in [0.2, 0.25) is 0 Å². The van der Waals surface area contributed by atoms with Crippen LogP contribution in [-0.2, 0) is 6.42 Å². The molecule has 2 N–H and O–H groups in total. The fourth-order valence-electron chi connectivity index (χ4n) is 2.37. The fourth-order valence-corrected chi connectivity index (χ4v) is 3.75. The molecular weight excluding hydrogens is 250 g/mol. The molecule has 0 saturated carbocycles. The topological polar surface area (TPSA) is 61.4 Å². The van der Waals surface area contributed by atoms with Gasteiger partial charge in [-0.3, -0.25) is 10.2 Å². The summed E-state index contributed by atoms with van der Waals surface area (Å²) in [5.74, 6) is 0.834. The highest BCUT2D eigenvalue weighted by molar-refractivity contribution is 8.00. The molecule has 2 heterocycles. The third-order valence-corrected chi connectivity index (χ3v) is 4.48. The summed E-state index contributed by atoms with van der Waals surface area (Å²) in [4.78, 5) is 24.4. The van der Waals surface area contributed by atoms with Gasteiger partial charge >= 0.3 is 12.1 Å². The van der Waals surface area contributed by atoms with E-state index in [1.165, 1.54) is 0 Å². The second-order valence-electron chi connectivity index (χ2n) is 4.33. The van der Waals surface area contributed by atoms with Gasteiger partial charge in [-0.1, -0.05) is 30.3 Å². The minimum absolute atomic E-state index is 0.306. The minimum Gasteiger partial charge on any atom is -0.305 e. The van der Waals surface area contributed by atoms with E-state index < -0.39 is 11.0 Å². The number of nitrogens with one attached hydrogen (secondary N) is 2. The number of rotatable bonds is 2. The Labute approximate surface area is 109 Å². The van der Waals surface area contributed by atoms with Crippen molar-refractivity contribution in [1.82, 2.24) is 15.5 Å². The Morgan fingerprint density at radius 1 is 1.28 bits per heavy atom. The summed E-state index contributed by atoms with van der Waals surface area (Å²) in [7, 11) is 0. The van der Waals surface area contributed by atoms with E-state index >= 15 is 0 Å². The van der Waals surface area contributed by atoms with Gasteiger partial charge < -0.3 is 5.32 Å². The molecule has 1 atom stereocenters. The lowest BCUT2D eigenvalue weighted by atomic mass is 10.1. The molecule has 0 radical (unpaired) electrons. The second kappa shape index (κ2) is 4.20. The van der Waals surface area contributed by atoms with Crippen molar-refractivity contribution in [3.05, 3.63) is 35.9 Å². The number of carbonyl (C=O) groups excluding carboxylic acids is 2. The van der Waals surface area contributed by atoms with Crippen LogP contribution in [-0.4, -0.2) is 34.3 Å². The number of urea groups is 2. The molecule has 0 spiro atoms.